The summed E-state index contributed by atoms with van der Waals surface area (Å²) < 4.78 is 28.2. The zero-order valence-corrected chi connectivity index (χ0v) is 15.8. The molecule has 0 saturated heterocycles. The van der Waals surface area contributed by atoms with E-state index in [0.29, 0.717) is 11.4 Å². The molecule has 0 aromatic carbocycles. The van der Waals surface area contributed by atoms with Crippen molar-refractivity contribution in [2.24, 2.45) is 5.41 Å². The smallest absolute Gasteiger partial charge is 0.211 e. The van der Waals surface area contributed by atoms with Crippen molar-refractivity contribution in [2.75, 3.05) is 6.54 Å². The van der Waals surface area contributed by atoms with Crippen LogP contribution in [0.3, 0.4) is 0 Å². The fraction of sp³-hybridized carbons (Fsp3) is 0.714. The van der Waals surface area contributed by atoms with Crippen molar-refractivity contribution in [3.05, 3.63) is 14.7 Å². The van der Waals surface area contributed by atoms with E-state index in [2.05, 4.69) is 41.4 Å². The first-order valence-corrected chi connectivity index (χ1v) is 10.0. The van der Waals surface area contributed by atoms with Gasteiger partial charge in [0.2, 0.25) is 10.0 Å². The van der Waals surface area contributed by atoms with Crippen LogP contribution in [0.2, 0.25) is 0 Å². The average Bonchev–Trinajstić information content (AvgIpc) is 2.67. The molecule has 0 aliphatic rings. The van der Waals surface area contributed by atoms with E-state index in [9.17, 15) is 8.42 Å². The minimum atomic E-state index is -3.40. The van der Waals surface area contributed by atoms with Crippen molar-refractivity contribution in [1.29, 1.82) is 0 Å². The Morgan fingerprint density at radius 1 is 1.35 bits per heavy atom. The predicted molar refractivity (Wildman–Crippen MR) is 89.9 cm³/mol. The highest BCUT2D eigenvalue weighted by atomic mass is 79.9. The van der Waals surface area contributed by atoms with Crippen LogP contribution in [-0.4, -0.2) is 15.0 Å². The topological polar surface area (TPSA) is 46.2 Å². The van der Waals surface area contributed by atoms with Crippen molar-refractivity contribution < 1.29 is 8.42 Å². The van der Waals surface area contributed by atoms with Gasteiger partial charge in [-0.3, -0.25) is 0 Å². The lowest BCUT2D eigenvalue weighted by Gasteiger charge is -2.24. The summed E-state index contributed by atoms with van der Waals surface area (Å²) in [4.78, 5) is 1.20. The molecule has 0 aliphatic carbocycles. The number of halogens is 1. The van der Waals surface area contributed by atoms with Crippen LogP contribution in [0.1, 0.15) is 51.3 Å². The summed E-state index contributed by atoms with van der Waals surface area (Å²) >= 11 is 4.78. The Morgan fingerprint density at radius 2 is 2.00 bits per heavy atom. The Hall–Kier alpha value is 0.0900. The van der Waals surface area contributed by atoms with E-state index in [1.54, 1.807) is 6.07 Å². The lowest BCUT2D eigenvalue weighted by atomic mass is 9.87. The molecular formula is C14H24BrNO2S2. The molecule has 1 heterocycles. The molecule has 0 unspecified atom stereocenters. The summed E-state index contributed by atoms with van der Waals surface area (Å²) in [5, 5.41) is 0. The number of unbranched alkanes of at least 4 members (excludes halogenated alkanes) is 2. The van der Waals surface area contributed by atoms with Crippen molar-refractivity contribution in [2.45, 2.75) is 58.3 Å². The van der Waals surface area contributed by atoms with Gasteiger partial charge >= 0.3 is 0 Å². The van der Waals surface area contributed by atoms with Crippen LogP contribution in [-0.2, 0) is 10.0 Å². The first-order chi connectivity index (χ1) is 9.18. The Bertz CT molecular complexity index is 535. The molecular weight excluding hydrogens is 358 g/mol. The number of hydrogen-bond donors (Lipinski definition) is 1. The third-order valence-electron chi connectivity index (χ3n) is 3.33. The second-order valence-electron chi connectivity index (χ2n) is 5.92. The van der Waals surface area contributed by atoms with Gasteiger partial charge in [0.15, 0.2) is 0 Å². The molecule has 0 aliphatic heterocycles. The molecule has 20 heavy (non-hydrogen) atoms. The summed E-state index contributed by atoms with van der Waals surface area (Å²) in [5.41, 5.74) is -0.0105. The van der Waals surface area contributed by atoms with Gasteiger partial charge in [0.1, 0.15) is 0 Å². The molecule has 0 saturated carbocycles. The second kappa shape index (κ2) is 7.38. The third kappa shape index (κ3) is 5.47. The molecule has 1 N–H and O–H groups in total. The van der Waals surface area contributed by atoms with Crippen molar-refractivity contribution in [3.63, 3.8) is 0 Å². The van der Waals surface area contributed by atoms with Gasteiger partial charge in [-0.25, -0.2) is 13.1 Å². The Kier molecular flexibility index (Phi) is 6.70. The molecule has 0 amide bonds. The second-order valence-corrected chi connectivity index (χ2v) is 10.3. The van der Waals surface area contributed by atoms with Crippen LogP contribution in [0.15, 0.2) is 14.7 Å². The Labute approximate surface area is 135 Å². The highest BCUT2D eigenvalue weighted by molar-refractivity contribution is 9.11. The Balaban J connectivity index is 2.66. The normalized spacial score (nSPS) is 12.8. The van der Waals surface area contributed by atoms with Gasteiger partial charge in [-0.05, 0) is 40.8 Å². The van der Waals surface area contributed by atoms with E-state index in [0.717, 1.165) is 21.5 Å². The molecule has 0 spiro atoms. The van der Waals surface area contributed by atoms with Crippen LogP contribution < -0.4 is 4.72 Å². The zero-order chi connectivity index (χ0) is 15.4. The SMILES string of the molecule is CCCCCC(C)(C)CNS(=O)(=O)c1cc(Br)sc1C. The number of rotatable bonds is 8. The zero-order valence-electron chi connectivity index (χ0n) is 12.6. The molecule has 0 fully saturated rings. The number of nitrogens with one attached hydrogen (secondary N) is 1. The van der Waals surface area contributed by atoms with Crippen LogP contribution in [0.4, 0.5) is 0 Å². The maximum atomic E-state index is 12.3. The Morgan fingerprint density at radius 3 is 2.50 bits per heavy atom. The summed E-state index contributed by atoms with van der Waals surface area (Å²) in [5.74, 6) is 0. The van der Waals surface area contributed by atoms with E-state index in [1.807, 2.05) is 6.92 Å². The monoisotopic (exact) mass is 381 g/mol. The lowest BCUT2D eigenvalue weighted by Crippen LogP contribution is -2.34. The largest absolute Gasteiger partial charge is 0.241 e. The summed E-state index contributed by atoms with van der Waals surface area (Å²) in [6.07, 6.45) is 4.57. The van der Waals surface area contributed by atoms with Gasteiger partial charge in [0, 0.05) is 11.4 Å². The van der Waals surface area contributed by atoms with Crippen LogP contribution in [0, 0.1) is 12.3 Å². The lowest BCUT2D eigenvalue weighted by molar-refractivity contribution is 0.320. The van der Waals surface area contributed by atoms with E-state index >= 15 is 0 Å². The van der Waals surface area contributed by atoms with Crippen LogP contribution >= 0.6 is 27.3 Å². The standard InChI is InChI=1S/C14H24BrNO2S2/c1-5-6-7-8-14(3,4)10-16-20(17,18)12-9-13(15)19-11(12)2/h9,16H,5-8,10H2,1-4H3. The van der Waals surface area contributed by atoms with Crippen LogP contribution in [0.5, 0.6) is 0 Å². The molecule has 0 radical (unpaired) electrons. The number of thiophene rings is 1. The maximum absolute atomic E-state index is 12.3. The number of hydrogen-bond acceptors (Lipinski definition) is 3. The van der Waals surface area contributed by atoms with Crippen molar-refractivity contribution >= 4 is 37.3 Å². The first-order valence-electron chi connectivity index (χ1n) is 6.93. The third-order valence-corrected chi connectivity index (χ3v) is 6.54. The van der Waals surface area contributed by atoms with E-state index in [1.165, 1.54) is 24.2 Å². The van der Waals surface area contributed by atoms with Crippen molar-refractivity contribution in [3.8, 4) is 0 Å². The van der Waals surface area contributed by atoms with Gasteiger partial charge in [-0.2, -0.15) is 0 Å². The van der Waals surface area contributed by atoms with Gasteiger partial charge in [0.25, 0.3) is 0 Å². The summed E-state index contributed by atoms with van der Waals surface area (Å²) in [6.45, 7) is 8.71. The fourth-order valence-corrected chi connectivity index (χ4v) is 5.66. The highest BCUT2D eigenvalue weighted by Gasteiger charge is 2.24. The van der Waals surface area contributed by atoms with Gasteiger partial charge in [-0.15, -0.1) is 11.3 Å². The van der Waals surface area contributed by atoms with Gasteiger partial charge in [0.05, 0.1) is 8.68 Å². The predicted octanol–water partition coefficient (Wildman–Crippen LogP) is 4.70. The molecule has 1 aromatic rings. The van der Waals surface area contributed by atoms with Gasteiger partial charge in [-0.1, -0.05) is 40.0 Å². The number of sulfonamides is 1. The van der Waals surface area contributed by atoms with Crippen molar-refractivity contribution in [1.82, 2.24) is 4.72 Å². The molecule has 116 valence electrons. The first kappa shape index (κ1) is 18.1. The molecule has 3 nitrogen and oxygen atoms in total. The maximum Gasteiger partial charge on any atom is 0.241 e. The molecule has 1 aromatic heterocycles. The van der Waals surface area contributed by atoms with E-state index in [-0.39, 0.29) is 5.41 Å². The number of aryl methyl sites for hydroxylation is 1. The highest BCUT2D eigenvalue weighted by Crippen LogP contribution is 2.30. The van der Waals surface area contributed by atoms with Gasteiger partial charge < -0.3 is 0 Å². The average molecular weight is 382 g/mol. The van der Waals surface area contributed by atoms with Crippen LogP contribution in [0.25, 0.3) is 0 Å². The summed E-state index contributed by atoms with van der Waals surface area (Å²) in [7, 11) is -3.40. The quantitative estimate of drug-likeness (QED) is 0.662. The van der Waals surface area contributed by atoms with E-state index in [4.69, 9.17) is 0 Å². The minimum absolute atomic E-state index is 0.0105. The van der Waals surface area contributed by atoms with E-state index < -0.39 is 10.0 Å². The fourth-order valence-electron chi connectivity index (χ4n) is 2.01. The molecule has 0 bridgehead atoms. The molecule has 1 rings (SSSR count). The summed E-state index contributed by atoms with van der Waals surface area (Å²) in [6, 6.07) is 1.67. The molecule has 6 heteroatoms. The molecule has 0 atom stereocenters. The minimum Gasteiger partial charge on any atom is -0.211 e.